The van der Waals surface area contributed by atoms with E-state index in [-0.39, 0.29) is 5.97 Å². The van der Waals surface area contributed by atoms with Gasteiger partial charge in [-0.15, -0.1) is 11.3 Å². The first-order valence-corrected chi connectivity index (χ1v) is 7.19. The molecule has 0 radical (unpaired) electrons. The van der Waals surface area contributed by atoms with Crippen LogP contribution in [0.5, 0.6) is 0 Å². The summed E-state index contributed by atoms with van der Waals surface area (Å²) in [6.45, 7) is 10.1. The summed E-state index contributed by atoms with van der Waals surface area (Å²) in [7, 11) is 0. The summed E-state index contributed by atoms with van der Waals surface area (Å²) in [5, 5.41) is 6.09. The summed E-state index contributed by atoms with van der Waals surface area (Å²) >= 11 is 1.53. The number of hydrogen-bond acceptors (Lipinski definition) is 5. The first-order valence-electron chi connectivity index (χ1n) is 6.31. The highest BCUT2D eigenvalue weighted by Gasteiger charge is 2.33. The number of carbonyl (C=O) groups is 1. The van der Waals surface area contributed by atoms with Crippen LogP contribution in [0.4, 0.5) is 5.13 Å². The van der Waals surface area contributed by atoms with Gasteiger partial charge in [0, 0.05) is 11.4 Å². The zero-order valence-corrected chi connectivity index (χ0v) is 12.6. The maximum Gasteiger partial charge on any atom is 0.317 e. The largest absolute Gasteiger partial charge is 0.465 e. The standard InChI is InChI=1S/C13H22N2O2S/c1-6-9(3)14-12-15-10(8-18-12)13(4,5)11(16)17-7-2/h8-9H,6-7H2,1-5H3,(H,14,15). The van der Waals surface area contributed by atoms with E-state index in [1.165, 1.54) is 11.3 Å². The SMILES string of the molecule is CCOC(=O)C(C)(C)c1csc(NC(C)CC)n1. The minimum atomic E-state index is -0.693. The molecule has 1 atom stereocenters. The molecule has 4 nitrogen and oxygen atoms in total. The number of carbonyl (C=O) groups excluding carboxylic acids is 1. The lowest BCUT2D eigenvalue weighted by Crippen LogP contribution is -2.31. The third kappa shape index (κ3) is 3.45. The van der Waals surface area contributed by atoms with Crippen molar-refractivity contribution < 1.29 is 9.53 Å². The zero-order chi connectivity index (χ0) is 13.8. The van der Waals surface area contributed by atoms with Crippen LogP contribution in [0, 0.1) is 0 Å². The first-order chi connectivity index (χ1) is 8.41. The van der Waals surface area contributed by atoms with Crippen LogP contribution in [0.3, 0.4) is 0 Å². The topological polar surface area (TPSA) is 51.2 Å². The number of nitrogens with zero attached hydrogens (tertiary/aromatic N) is 1. The maximum absolute atomic E-state index is 11.9. The van der Waals surface area contributed by atoms with Gasteiger partial charge in [0.05, 0.1) is 12.3 Å². The number of ether oxygens (including phenoxy) is 1. The molecule has 0 bridgehead atoms. The molecule has 1 aromatic heterocycles. The molecule has 0 aliphatic rings. The van der Waals surface area contributed by atoms with Crippen molar-refractivity contribution >= 4 is 22.4 Å². The fourth-order valence-corrected chi connectivity index (χ4v) is 2.35. The molecule has 1 heterocycles. The van der Waals surface area contributed by atoms with Crippen LogP contribution in [0.2, 0.25) is 0 Å². The number of aromatic nitrogens is 1. The van der Waals surface area contributed by atoms with E-state index in [0.29, 0.717) is 12.6 Å². The molecule has 18 heavy (non-hydrogen) atoms. The van der Waals surface area contributed by atoms with Gasteiger partial charge in [-0.3, -0.25) is 4.79 Å². The van der Waals surface area contributed by atoms with E-state index in [1.807, 2.05) is 26.2 Å². The molecular formula is C13H22N2O2S. The van der Waals surface area contributed by atoms with E-state index in [9.17, 15) is 4.79 Å². The van der Waals surface area contributed by atoms with Gasteiger partial charge in [0.2, 0.25) is 0 Å². The normalized spacial score (nSPS) is 13.2. The minimum Gasteiger partial charge on any atom is -0.465 e. The predicted octanol–water partition coefficient (Wildman–Crippen LogP) is 3.19. The van der Waals surface area contributed by atoms with E-state index in [2.05, 4.69) is 24.1 Å². The highest BCUT2D eigenvalue weighted by atomic mass is 32.1. The minimum absolute atomic E-state index is 0.231. The van der Waals surface area contributed by atoms with Gasteiger partial charge in [0.15, 0.2) is 5.13 Å². The fourth-order valence-electron chi connectivity index (χ4n) is 1.36. The Morgan fingerprint density at radius 2 is 2.22 bits per heavy atom. The number of hydrogen-bond donors (Lipinski definition) is 1. The molecule has 0 aliphatic heterocycles. The predicted molar refractivity (Wildman–Crippen MR) is 75.1 cm³/mol. The van der Waals surface area contributed by atoms with Crippen molar-refractivity contribution in [2.24, 2.45) is 0 Å². The Morgan fingerprint density at radius 3 is 2.78 bits per heavy atom. The fraction of sp³-hybridized carbons (Fsp3) is 0.692. The molecule has 0 aliphatic carbocycles. The van der Waals surface area contributed by atoms with Crippen molar-refractivity contribution in [2.75, 3.05) is 11.9 Å². The highest BCUT2D eigenvalue weighted by molar-refractivity contribution is 7.13. The van der Waals surface area contributed by atoms with E-state index in [4.69, 9.17) is 4.74 Å². The third-order valence-electron chi connectivity index (χ3n) is 2.91. The van der Waals surface area contributed by atoms with Crippen LogP contribution in [-0.2, 0) is 14.9 Å². The molecular weight excluding hydrogens is 248 g/mol. The van der Waals surface area contributed by atoms with Crippen molar-refractivity contribution in [3.63, 3.8) is 0 Å². The zero-order valence-electron chi connectivity index (χ0n) is 11.7. The number of esters is 1. The molecule has 0 spiro atoms. The molecule has 1 rings (SSSR count). The van der Waals surface area contributed by atoms with Crippen molar-refractivity contribution in [3.8, 4) is 0 Å². The summed E-state index contributed by atoms with van der Waals surface area (Å²) in [4.78, 5) is 16.4. The van der Waals surface area contributed by atoms with Gasteiger partial charge in [0.25, 0.3) is 0 Å². The van der Waals surface area contributed by atoms with Crippen molar-refractivity contribution in [1.82, 2.24) is 4.98 Å². The molecule has 5 heteroatoms. The van der Waals surface area contributed by atoms with E-state index >= 15 is 0 Å². The number of rotatable bonds is 6. The van der Waals surface area contributed by atoms with Gasteiger partial charge in [-0.25, -0.2) is 4.98 Å². The van der Waals surface area contributed by atoms with Crippen molar-refractivity contribution in [3.05, 3.63) is 11.1 Å². The Hall–Kier alpha value is -1.10. The second kappa shape index (κ2) is 6.18. The molecule has 0 amide bonds. The van der Waals surface area contributed by atoms with Gasteiger partial charge in [-0.05, 0) is 34.1 Å². The van der Waals surface area contributed by atoms with Crippen LogP contribution < -0.4 is 5.32 Å². The second-order valence-electron chi connectivity index (χ2n) is 4.84. The number of thiazole rings is 1. The number of anilines is 1. The summed E-state index contributed by atoms with van der Waals surface area (Å²) in [5.74, 6) is -0.231. The Kier molecular flexibility index (Phi) is 5.14. The van der Waals surface area contributed by atoms with Crippen molar-refractivity contribution in [2.45, 2.75) is 52.5 Å². The van der Waals surface area contributed by atoms with Crippen LogP contribution in [0.15, 0.2) is 5.38 Å². The van der Waals surface area contributed by atoms with Gasteiger partial charge >= 0.3 is 5.97 Å². The Bertz CT molecular complexity index is 401. The first kappa shape index (κ1) is 15.0. The van der Waals surface area contributed by atoms with E-state index < -0.39 is 5.41 Å². The monoisotopic (exact) mass is 270 g/mol. The van der Waals surface area contributed by atoms with Gasteiger partial charge in [-0.2, -0.15) is 0 Å². The van der Waals surface area contributed by atoms with Gasteiger partial charge in [-0.1, -0.05) is 6.92 Å². The lowest BCUT2D eigenvalue weighted by atomic mass is 9.90. The lowest BCUT2D eigenvalue weighted by molar-refractivity contribution is -0.148. The Morgan fingerprint density at radius 1 is 1.56 bits per heavy atom. The molecule has 0 fully saturated rings. The van der Waals surface area contributed by atoms with E-state index in [0.717, 1.165) is 17.2 Å². The number of nitrogens with one attached hydrogen (secondary N) is 1. The molecule has 1 aromatic rings. The molecule has 0 saturated heterocycles. The Labute approximate surface area is 113 Å². The summed E-state index contributed by atoms with van der Waals surface area (Å²) in [5.41, 5.74) is 0.0683. The highest BCUT2D eigenvalue weighted by Crippen LogP contribution is 2.28. The average Bonchev–Trinajstić information content (AvgIpc) is 2.78. The summed E-state index contributed by atoms with van der Waals surface area (Å²) in [6.07, 6.45) is 1.04. The third-order valence-corrected chi connectivity index (χ3v) is 3.69. The van der Waals surface area contributed by atoms with Gasteiger partial charge < -0.3 is 10.1 Å². The summed E-state index contributed by atoms with van der Waals surface area (Å²) < 4.78 is 5.08. The maximum atomic E-state index is 11.9. The summed E-state index contributed by atoms with van der Waals surface area (Å²) in [6, 6.07) is 0.384. The smallest absolute Gasteiger partial charge is 0.317 e. The van der Waals surface area contributed by atoms with Crippen LogP contribution in [-0.4, -0.2) is 23.6 Å². The molecule has 102 valence electrons. The van der Waals surface area contributed by atoms with Crippen LogP contribution in [0.1, 0.15) is 46.7 Å². The van der Waals surface area contributed by atoms with E-state index in [1.54, 1.807) is 0 Å². The average molecular weight is 270 g/mol. The van der Waals surface area contributed by atoms with Crippen molar-refractivity contribution in [1.29, 1.82) is 0 Å². The Balaban J connectivity index is 2.81. The molecule has 1 unspecified atom stereocenters. The lowest BCUT2D eigenvalue weighted by Gasteiger charge is -2.19. The second-order valence-corrected chi connectivity index (χ2v) is 5.70. The van der Waals surface area contributed by atoms with Gasteiger partial charge in [0.1, 0.15) is 5.41 Å². The van der Waals surface area contributed by atoms with Crippen LogP contribution >= 0.6 is 11.3 Å². The quantitative estimate of drug-likeness (QED) is 0.807. The van der Waals surface area contributed by atoms with Crippen LogP contribution in [0.25, 0.3) is 0 Å². The molecule has 0 aromatic carbocycles. The molecule has 0 saturated carbocycles. The molecule has 1 N–H and O–H groups in total.